The number of hydrogen-bond acceptors (Lipinski definition) is 3. The van der Waals surface area contributed by atoms with Crippen LogP contribution in [-0.2, 0) is 15.0 Å². The fourth-order valence-corrected chi connectivity index (χ4v) is 4.45. The summed E-state index contributed by atoms with van der Waals surface area (Å²) in [5, 5.41) is 2.91. The maximum atomic E-state index is 13.5. The van der Waals surface area contributed by atoms with Crippen molar-refractivity contribution in [1.82, 2.24) is 9.88 Å². The molecule has 1 unspecified atom stereocenters. The molecule has 2 amide bonds. The summed E-state index contributed by atoms with van der Waals surface area (Å²) in [4.78, 5) is 32.4. The second kappa shape index (κ2) is 7.62. The maximum absolute atomic E-state index is 13.5. The third-order valence-electron chi connectivity index (χ3n) is 6.18. The van der Waals surface area contributed by atoms with E-state index in [2.05, 4.69) is 42.3 Å². The molecular formula is C24H29N3O2. The summed E-state index contributed by atoms with van der Waals surface area (Å²) in [6.07, 6.45) is 5.20. The largest absolute Gasteiger partial charge is 0.341 e. The monoisotopic (exact) mass is 391 g/mol. The molecule has 5 heteroatoms. The Hall–Kier alpha value is -2.69. The van der Waals surface area contributed by atoms with Crippen molar-refractivity contribution in [2.24, 2.45) is 5.92 Å². The first-order valence-corrected chi connectivity index (χ1v) is 10.5. The highest BCUT2D eigenvalue weighted by atomic mass is 16.2. The van der Waals surface area contributed by atoms with Crippen molar-refractivity contribution in [3.8, 4) is 0 Å². The molecule has 1 saturated carbocycles. The zero-order valence-corrected chi connectivity index (χ0v) is 17.5. The van der Waals surface area contributed by atoms with Crippen LogP contribution in [0.5, 0.6) is 0 Å². The number of nitrogens with one attached hydrogen (secondary N) is 1. The van der Waals surface area contributed by atoms with Gasteiger partial charge in [0.1, 0.15) is 5.82 Å². The molecule has 5 nitrogen and oxygen atoms in total. The number of pyridine rings is 1. The van der Waals surface area contributed by atoms with Crippen LogP contribution in [0.2, 0.25) is 0 Å². The summed E-state index contributed by atoms with van der Waals surface area (Å²) >= 11 is 0. The SMILES string of the molecule is Cc1ccc(NC(=O)C2CCCN(C(=O)C3(c4cc(C)cc(C)c4)CC3)C2)nc1. The first-order chi connectivity index (χ1) is 13.9. The molecule has 1 saturated heterocycles. The lowest BCUT2D eigenvalue weighted by atomic mass is 9.89. The zero-order chi connectivity index (χ0) is 20.6. The predicted octanol–water partition coefficient (Wildman–Crippen LogP) is 3.92. The number of nitrogens with zero attached hydrogens (tertiary/aromatic N) is 2. The van der Waals surface area contributed by atoms with Crippen LogP contribution in [0.3, 0.4) is 0 Å². The number of rotatable bonds is 4. The maximum Gasteiger partial charge on any atom is 0.233 e. The van der Waals surface area contributed by atoms with Crippen LogP contribution in [0.25, 0.3) is 0 Å². The van der Waals surface area contributed by atoms with Gasteiger partial charge >= 0.3 is 0 Å². The molecule has 1 N–H and O–H groups in total. The highest BCUT2D eigenvalue weighted by molar-refractivity contribution is 5.94. The van der Waals surface area contributed by atoms with Gasteiger partial charge in [0.25, 0.3) is 0 Å². The van der Waals surface area contributed by atoms with E-state index in [1.165, 1.54) is 11.1 Å². The van der Waals surface area contributed by atoms with Gasteiger partial charge in [0.15, 0.2) is 0 Å². The number of hydrogen-bond donors (Lipinski definition) is 1. The highest BCUT2D eigenvalue weighted by Gasteiger charge is 2.53. The fourth-order valence-electron chi connectivity index (χ4n) is 4.45. The van der Waals surface area contributed by atoms with Gasteiger partial charge in [-0.25, -0.2) is 4.98 Å². The molecule has 1 aromatic heterocycles. The Morgan fingerprint density at radius 2 is 1.79 bits per heavy atom. The van der Waals surface area contributed by atoms with Crippen LogP contribution >= 0.6 is 0 Å². The second-order valence-electron chi connectivity index (χ2n) is 8.76. The number of benzene rings is 1. The van der Waals surface area contributed by atoms with Crippen LogP contribution in [-0.4, -0.2) is 34.8 Å². The zero-order valence-electron chi connectivity index (χ0n) is 17.5. The minimum Gasteiger partial charge on any atom is -0.341 e. The van der Waals surface area contributed by atoms with Crippen molar-refractivity contribution >= 4 is 17.6 Å². The topological polar surface area (TPSA) is 62.3 Å². The van der Waals surface area contributed by atoms with E-state index in [9.17, 15) is 9.59 Å². The van der Waals surface area contributed by atoms with E-state index in [0.29, 0.717) is 12.4 Å². The Bertz CT molecular complexity index is 911. The summed E-state index contributed by atoms with van der Waals surface area (Å²) < 4.78 is 0. The van der Waals surface area contributed by atoms with E-state index in [-0.39, 0.29) is 23.1 Å². The van der Waals surface area contributed by atoms with E-state index in [1.54, 1.807) is 6.20 Å². The summed E-state index contributed by atoms with van der Waals surface area (Å²) in [5.74, 6) is 0.521. The Balaban J connectivity index is 1.46. The summed E-state index contributed by atoms with van der Waals surface area (Å²) in [6, 6.07) is 10.2. The number of anilines is 1. The quantitative estimate of drug-likeness (QED) is 0.859. The Morgan fingerprint density at radius 1 is 1.07 bits per heavy atom. The van der Waals surface area contributed by atoms with Crippen LogP contribution in [0.15, 0.2) is 36.5 Å². The average molecular weight is 392 g/mol. The minimum absolute atomic E-state index is 0.0462. The third-order valence-corrected chi connectivity index (χ3v) is 6.18. The number of likely N-dealkylation sites (tertiary alicyclic amines) is 1. The molecule has 0 spiro atoms. The number of amides is 2. The molecule has 29 heavy (non-hydrogen) atoms. The van der Waals surface area contributed by atoms with Crippen molar-refractivity contribution in [3.05, 3.63) is 58.8 Å². The minimum atomic E-state index is -0.381. The molecule has 2 fully saturated rings. The van der Waals surface area contributed by atoms with Gasteiger partial charge in [0.05, 0.1) is 11.3 Å². The second-order valence-corrected chi connectivity index (χ2v) is 8.76. The molecule has 0 bridgehead atoms. The molecule has 1 aliphatic carbocycles. The van der Waals surface area contributed by atoms with Gasteiger partial charge in [-0.05, 0) is 63.6 Å². The van der Waals surface area contributed by atoms with Crippen LogP contribution < -0.4 is 5.32 Å². The number of aryl methyl sites for hydroxylation is 3. The molecule has 2 aromatic rings. The molecular weight excluding hydrogens is 362 g/mol. The lowest BCUT2D eigenvalue weighted by molar-refractivity contribution is -0.137. The Kier molecular flexibility index (Phi) is 5.15. The summed E-state index contributed by atoms with van der Waals surface area (Å²) in [5.41, 5.74) is 4.20. The van der Waals surface area contributed by atoms with E-state index in [0.717, 1.165) is 43.4 Å². The van der Waals surface area contributed by atoms with Crippen molar-refractivity contribution in [2.45, 2.75) is 51.9 Å². The average Bonchev–Trinajstić information content (AvgIpc) is 3.50. The lowest BCUT2D eigenvalue weighted by Crippen LogP contribution is -2.47. The smallest absolute Gasteiger partial charge is 0.233 e. The van der Waals surface area contributed by atoms with Crippen molar-refractivity contribution < 1.29 is 9.59 Å². The lowest BCUT2D eigenvalue weighted by Gasteiger charge is -2.34. The van der Waals surface area contributed by atoms with Gasteiger partial charge in [0.2, 0.25) is 11.8 Å². The molecule has 1 atom stereocenters. The molecule has 0 radical (unpaired) electrons. The molecule has 1 aromatic carbocycles. The van der Waals surface area contributed by atoms with E-state index >= 15 is 0 Å². The fraction of sp³-hybridized carbons (Fsp3) is 0.458. The van der Waals surface area contributed by atoms with Crippen LogP contribution in [0, 0.1) is 26.7 Å². The standard InChI is InChI=1S/C24H29N3O2/c1-16-6-7-21(25-14-16)26-22(28)19-5-4-10-27(15-19)23(29)24(8-9-24)20-12-17(2)11-18(3)13-20/h6-7,11-14,19H,4-5,8-10,15H2,1-3H3,(H,25,26,28). The summed E-state index contributed by atoms with van der Waals surface area (Å²) in [6.45, 7) is 7.35. The van der Waals surface area contributed by atoms with Crippen molar-refractivity contribution in [3.63, 3.8) is 0 Å². The number of aromatic nitrogens is 1. The van der Waals surface area contributed by atoms with Gasteiger partial charge in [-0.1, -0.05) is 35.4 Å². The molecule has 1 aliphatic heterocycles. The van der Waals surface area contributed by atoms with E-state index in [1.807, 2.05) is 24.0 Å². The van der Waals surface area contributed by atoms with E-state index in [4.69, 9.17) is 0 Å². The molecule has 2 heterocycles. The normalized spacial score (nSPS) is 20.2. The highest BCUT2D eigenvalue weighted by Crippen LogP contribution is 2.50. The number of piperidine rings is 1. The third kappa shape index (κ3) is 4.04. The molecule has 2 aliphatic rings. The first kappa shape index (κ1) is 19.6. The van der Waals surface area contributed by atoms with Gasteiger partial charge < -0.3 is 10.2 Å². The van der Waals surface area contributed by atoms with Crippen LogP contribution in [0.4, 0.5) is 5.82 Å². The molecule has 152 valence electrons. The molecule has 4 rings (SSSR count). The summed E-state index contributed by atoms with van der Waals surface area (Å²) in [7, 11) is 0. The Labute approximate surface area is 172 Å². The Morgan fingerprint density at radius 3 is 2.41 bits per heavy atom. The van der Waals surface area contributed by atoms with E-state index < -0.39 is 0 Å². The van der Waals surface area contributed by atoms with Gasteiger partial charge in [-0.3, -0.25) is 9.59 Å². The first-order valence-electron chi connectivity index (χ1n) is 10.5. The number of carbonyl (C=O) groups excluding carboxylic acids is 2. The van der Waals surface area contributed by atoms with Crippen LogP contribution in [0.1, 0.15) is 47.9 Å². The van der Waals surface area contributed by atoms with Crippen molar-refractivity contribution in [2.75, 3.05) is 18.4 Å². The van der Waals surface area contributed by atoms with Crippen molar-refractivity contribution in [1.29, 1.82) is 0 Å². The predicted molar refractivity (Wildman–Crippen MR) is 114 cm³/mol. The van der Waals surface area contributed by atoms with Gasteiger partial charge in [0, 0.05) is 19.3 Å². The van der Waals surface area contributed by atoms with Gasteiger partial charge in [-0.15, -0.1) is 0 Å². The van der Waals surface area contributed by atoms with Gasteiger partial charge in [-0.2, -0.15) is 0 Å². The number of carbonyl (C=O) groups is 2.